The van der Waals surface area contributed by atoms with Crippen molar-refractivity contribution < 1.29 is 14.7 Å². The molecule has 6 nitrogen and oxygen atoms in total. The molecule has 0 aliphatic heterocycles. The summed E-state index contributed by atoms with van der Waals surface area (Å²) in [5, 5.41) is 14.2. The second-order valence-corrected chi connectivity index (χ2v) is 4.92. The van der Waals surface area contributed by atoms with Crippen molar-refractivity contribution in [1.82, 2.24) is 10.6 Å². The Morgan fingerprint density at radius 2 is 2.15 bits per heavy atom. The van der Waals surface area contributed by atoms with Crippen molar-refractivity contribution in [3.8, 4) is 0 Å². The first-order valence-corrected chi connectivity index (χ1v) is 6.68. The molecule has 1 aromatic rings. The van der Waals surface area contributed by atoms with E-state index in [-0.39, 0.29) is 25.0 Å². The number of aryl methyl sites for hydroxylation is 1. The first kappa shape index (κ1) is 14.3. The lowest BCUT2D eigenvalue weighted by molar-refractivity contribution is -0.138. The average molecular weight is 277 g/mol. The Balaban J connectivity index is 1.77. The number of carbonyl (C=O) groups excluding carboxylic acids is 1. The topological polar surface area (TPSA) is 104 Å². The molecule has 1 aliphatic rings. The van der Waals surface area contributed by atoms with Gasteiger partial charge in [-0.05, 0) is 30.4 Å². The van der Waals surface area contributed by atoms with Crippen LogP contribution in [-0.4, -0.2) is 29.7 Å². The number of fused-ring (bicyclic) bond motifs is 1. The third-order valence-corrected chi connectivity index (χ3v) is 3.50. The van der Waals surface area contributed by atoms with E-state index in [9.17, 15) is 9.59 Å². The molecule has 0 radical (unpaired) electrons. The fourth-order valence-electron chi connectivity index (χ4n) is 2.38. The van der Waals surface area contributed by atoms with Crippen molar-refractivity contribution in [3.63, 3.8) is 0 Å². The molecule has 1 aliphatic carbocycles. The number of hydrogen-bond donors (Lipinski definition) is 4. The average Bonchev–Trinajstić information content (AvgIpc) is 2.82. The summed E-state index contributed by atoms with van der Waals surface area (Å²) >= 11 is 0. The second-order valence-electron chi connectivity index (χ2n) is 4.92. The van der Waals surface area contributed by atoms with Crippen molar-refractivity contribution in [1.29, 1.82) is 0 Å². The number of amides is 2. The summed E-state index contributed by atoms with van der Waals surface area (Å²) in [6.45, 7) is 0.244. The Morgan fingerprint density at radius 3 is 2.90 bits per heavy atom. The van der Waals surface area contributed by atoms with Crippen LogP contribution in [0, 0.1) is 0 Å². The fraction of sp³-hybridized carbons (Fsp3) is 0.429. The summed E-state index contributed by atoms with van der Waals surface area (Å²) in [7, 11) is 0. The SMILES string of the molecule is N[C@@H](CCNC(=O)NC1CCc2ccccc21)C(=O)O. The number of carboxylic acid groups (broad SMARTS) is 1. The number of hydrogen-bond acceptors (Lipinski definition) is 3. The van der Waals surface area contributed by atoms with Crippen molar-refractivity contribution in [3.05, 3.63) is 35.4 Å². The van der Waals surface area contributed by atoms with Gasteiger partial charge in [-0.15, -0.1) is 0 Å². The lowest BCUT2D eigenvalue weighted by atomic mass is 10.1. The predicted octanol–water partition coefficient (Wildman–Crippen LogP) is 0.775. The van der Waals surface area contributed by atoms with Gasteiger partial charge in [0.15, 0.2) is 0 Å². The molecule has 2 amide bonds. The molecule has 0 saturated heterocycles. The van der Waals surface area contributed by atoms with E-state index < -0.39 is 12.0 Å². The van der Waals surface area contributed by atoms with Gasteiger partial charge in [0.2, 0.25) is 0 Å². The highest BCUT2D eigenvalue weighted by Gasteiger charge is 2.23. The lowest BCUT2D eigenvalue weighted by Gasteiger charge is -2.15. The van der Waals surface area contributed by atoms with E-state index in [0.29, 0.717) is 0 Å². The van der Waals surface area contributed by atoms with E-state index in [1.165, 1.54) is 5.56 Å². The Labute approximate surface area is 117 Å². The number of benzene rings is 1. The molecule has 6 heteroatoms. The molecule has 1 aromatic carbocycles. The number of nitrogens with two attached hydrogens (primary N) is 1. The zero-order chi connectivity index (χ0) is 14.5. The highest BCUT2D eigenvalue weighted by molar-refractivity contribution is 5.75. The number of nitrogens with one attached hydrogen (secondary N) is 2. The third-order valence-electron chi connectivity index (χ3n) is 3.50. The quantitative estimate of drug-likeness (QED) is 0.638. The van der Waals surface area contributed by atoms with Gasteiger partial charge in [0.1, 0.15) is 6.04 Å². The minimum absolute atomic E-state index is 0.0272. The molecular weight excluding hydrogens is 258 g/mol. The first-order chi connectivity index (χ1) is 9.58. The summed E-state index contributed by atoms with van der Waals surface area (Å²) in [5.41, 5.74) is 7.78. The van der Waals surface area contributed by atoms with Crippen LogP contribution in [0.15, 0.2) is 24.3 Å². The lowest BCUT2D eigenvalue weighted by Crippen LogP contribution is -2.40. The van der Waals surface area contributed by atoms with Gasteiger partial charge in [-0.2, -0.15) is 0 Å². The summed E-state index contributed by atoms with van der Waals surface area (Å²) in [6.07, 6.45) is 2.07. The molecule has 0 saturated carbocycles. The molecule has 0 fully saturated rings. The van der Waals surface area contributed by atoms with Crippen LogP contribution in [0.2, 0.25) is 0 Å². The minimum atomic E-state index is -1.06. The molecule has 5 N–H and O–H groups in total. The maximum atomic E-state index is 11.7. The highest BCUT2D eigenvalue weighted by atomic mass is 16.4. The standard InChI is InChI=1S/C14H19N3O3/c15-11(13(18)19)7-8-16-14(20)17-12-6-5-9-3-1-2-4-10(9)12/h1-4,11-12H,5-8,15H2,(H,18,19)(H2,16,17,20)/t11-,12?/m0/s1. The van der Waals surface area contributed by atoms with E-state index in [1.807, 2.05) is 18.2 Å². The van der Waals surface area contributed by atoms with Gasteiger partial charge in [0.25, 0.3) is 0 Å². The molecule has 20 heavy (non-hydrogen) atoms. The van der Waals surface area contributed by atoms with Gasteiger partial charge in [-0.25, -0.2) is 4.79 Å². The summed E-state index contributed by atoms with van der Waals surface area (Å²) in [6, 6.07) is 6.84. The third kappa shape index (κ3) is 3.48. The highest BCUT2D eigenvalue weighted by Crippen LogP contribution is 2.30. The molecule has 0 aromatic heterocycles. The monoisotopic (exact) mass is 277 g/mol. The largest absolute Gasteiger partial charge is 0.480 e. The van der Waals surface area contributed by atoms with Crippen molar-refractivity contribution in [2.75, 3.05) is 6.54 Å². The van der Waals surface area contributed by atoms with Gasteiger partial charge in [0, 0.05) is 6.54 Å². The van der Waals surface area contributed by atoms with Gasteiger partial charge in [-0.3, -0.25) is 4.79 Å². The number of carbonyl (C=O) groups is 2. The molecule has 108 valence electrons. The van der Waals surface area contributed by atoms with Crippen molar-refractivity contribution >= 4 is 12.0 Å². The van der Waals surface area contributed by atoms with E-state index >= 15 is 0 Å². The van der Waals surface area contributed by atoms with Crippen LogP contribution in [-0.2, 0) is 11.2 Å². The normalized spacial score (nSPS) is 18.1. The maximum absolute atomic E-state index is 11.7. The number of aliphatic carboxylic acids is 1. The zero-order valence-corrected chi connectivity index (χ0v) is 11.1. The van der Waals surface area contributed by atoms with Crippen molar-refractivity contribution in [2.45, 2.75) is 31.3 Å². The second kappa shape index (κ2) is 6.38. The van der Waals surface area contributed by atoms with Gasteiger partial charge >= 0.3 is 12.0 Å². The molecule has 2 atom stereocenters. The minimum Gasteiger partial charge on any atom is -0.480 e. The molecule has 0 heterocycles. The number of carboxylic acids is 1. The van der Waals surface area contributed by atoms with E-state index in [0.717, 1.165) is 18.4 Å². The van der Waals surface area contributed by atoms with Crippen molar-refractivity contribution in [2.24, 2.45) is 5.73 Å². The summed E-state index contributed by atoms with van der Waals surface area (Å²) in [5.74, 6) is -1.06. The van der Waals surface area contributed by atoms with Gasteiger partial charge in [0.05, 0.1) is 6.04 Å². The number of urea groups is 1. The Kier molecular flexibility index (Phi) is 4.57. The van der Waals surface area contributed by atoms with Crippen LogP contribution in [0.25, 0.3) is 0 Å². The van der Waals surface area contributed by atoms with E-state index in [1.54, 1.807) is 0 Å². The maximum Gasteiger partial charge on any atom is 0.320 e. The molecule has 2 rings (SSSR count). The van der Waals surface area contributed by atoms with E-state index in [4.69, 9.17) is 10.8 Å². The summed E-state index contributed by atoms with van der Waals surface area (Å²) < 4.78 is 0. The summed E-state index contributed by atoms with van der Waals surface area (Å²) in [4.78, 5) is 22.3. The zero-order valence-electron chi connectivity index (χ0n) is 11.1. The van der Waals surface area contributed by atoms with Crippen LogP contribution in [0.1, 0.15) is 30.0 Å². The van der Waals surface area contributed by atoms with Crippen LogP contribution in [0.5, 0.6) is 0 Å². The Bertz CT molecular complexity index is 504. The first-order valence-electron chi connectivity index (χ1n) is 6.68. The molecule has 0 bridgehead atoms. The fourth-order valence-corrected chi connectivity index (χ4v) is 2.38. The Morgan fingerprint density at radius 1 is 1.40 bits per heavy atom. The van der Waals surface area contributed by atoms with Crippen LogP contribution < -0.4 is 16.4 Å². The van der Waals surface area contributed by atoms with Crippen LogP contribution >= 0.6 is 0 Å². The van der Waals surface area contributed by atoms with Gasteiger partial charge in [-0.1, -0.05) is 24.3 Å². The van der Waals surface area contributed by atoms with E-state index in [2.05, 4.69) is 16.7 Å². The molecular formula is C14H19N3O3. The van der Waals surface area contributed by atoms with Gasteiger partial charge < -0.3 is 21.5 Å². The van der Waals surface area contributed by atoms with Crippen LogP contribution in [0.4, 0.5) is 4.79 Å². The van der Waals surface area contributed by atoms with Crippen LogP contribution in [0.3, 0.4) is 0 Å². The Hall–Kier alpha value is -2.08. The molecule has 1 unspecified atom stereocenters. The molecule has 0 spiro atoms. The smallest absolute Gasteiger partial charge is 0.320 e. The predicted molar refractivity (Wildman–Crippen MR) is 74.3 cm³/mol. The number of rotatable bonds is 5.